The Labute approximate surface area is 354 Å². The maximum absolute atomic E-state index is 12.6. The summed E-state index contributed by atoms with van der Waals surface area (Å²) in [6.45, 7) is 4.98. The molecule has 0 aliphatic heterocycles. The Morgan fingerprint density at radius 2 is 0.877 bits per heavy atom. The predicted molar refractivity (Wildman–Crippen MR) is 243 cm³/mol. The second-order valence-electron chi connectivity index (χ2n) is 16.7. The van der Waals surface area contributed by atoms with E-state index in [1.807, 2.05) is 0 Å². The molecule has 0 fully saturated rings. The van der Waals surface area contributed by atoms with Crippen molar-refractivity contribution in [3.63, 3.8) is 0 Å². The highest BCUT2D eigenvalue weighted by Crippen LogP contribution is 2.43. The summed E-state index contributed by atoms with van der Waals surface area (Å²) in [5.74, 6) is -0.325. The molecular weight excluding hydrogens is 734 g/mol. The lowest BCUT2D eigenvalue weighted by atomic mass is 10.0. The maximum Gasteiger partial charge on any atom is 0.472 e. The average Bonchev–Trinajstić information content (AvgIpc) is 3.20. The van der Waals surface area contributed by atoms with Gasteiger partial charge in [0.1, 0.15) is 6.10 Å². The zero-order valence-corrected chi connectivity index (χ0v) is 38.7. The zero-order chi connectivity index (χ0) is 41.6. The predicted octanol–water partition coefficient (Wildman–Crippen LogP) is 15.0. The number of rotatable bonds is 48. The van der Waals surface area contributed by atoms with Crippen LogP contribution >= 0.6 is 7.82 Å². The molecule has 0 aliphatic rings. The van der Waals surface area contributed by atoms with Crippen molar-refractivity contribution in [3.05, 3.63) is 12.2 Å². The lowest BCUT2D eigenvalue weighted by Crippen LogP contribution is -2.28. The van der Waals surface area contributed by atoms with Crippen LogP contribution in [0.15, 0.2) is 12.2 Å². The first kappa shape index (κ1) is 56.2. The van der Waals surface area contributed by atoms with Crippen LogP contribution in [-0.4, -0.2) is 49.9 Å². The standard InChI is InChI=1S/C48H96NO7P/c1-3-5-7-9-11-13-15-17-18-19-20-21-22-23-24-25-26-27-28-29-31-33-35-37-39-41-48(50)56-47(46-55-57(51,52)54-44-42-49)45-53-43-40-38-36-34-32-30-16-14-12-10-8-6-4-2/h19-20,47H,3-18,21-46,49H2,1-2H3,(H,51,52)/b20-19-. The van der Waals surface area contributed by atoms with Gasteiger partial charge in [-0.05, 0) is 38.5 Å². The summed E-state index contributed by atoms with van der Waals surface area (Å²) >= 11 is 0. The second kappa shape index (κ2) is 46.3. The molecule has 0 amide bonds. The monoisotopic (exact) mass is 830 g/mol. The lowest BCUT2D eigenvalue weighted by Gasteiger charge is -2.20. The van der Waals surface area contributed by atoms with E-state index in [1.165, 1.54) is 199 Å². The third kappa shape index (κ3) is 46.2. The average molecular weight is 830 g/mol. The Hall–Kier alpha value is -0.760. The molecule has 0 bridgehead atoms. The molecule has 0 spiro atoms. The van der Waals surface area contributed by atoms with E-state index in [-0.39, 0.29) is 32.3 Å². The summed E-state index contributed by atoms with van der Waals surface area (Å²) in [7, 11) is -4.27. The van der Waals surface area contributed by atoms with Gasteiger partial charge in [0.05, 0.1) is 19.8 Å². The van der Waals surface area contributed by atoms with Gasteiger partial charge in [0, 0.05) is 19.6 Å². The molecule has 0 aromatic rings. The highest BCUT2D eigenvalue weighted by Gasteiger charge is 2.25. The minimum absolute atomic E-state index is 0.0916. The summed E-state index contributed by atoms with van der Waals surface area (Å²) in [5.41, 5.74) is 5.38. The number of allylic oxidation sites excluding steroid dienone is 2. The highest BCUT2D eigenvalue weighted by atomic mass is 31.2. The van der Waals surface area contributed by atoms with E-state index in [9.17, 15) is 14.3 Å². The fraction of sp³-hybridized carbons (Fsp3) is 0.938. The van der Waals surface area contributed by atoms with Crippen molar-refractivity contribution >= 4 is 13.8 Å². The number of nitrogens with two attached hydrogens (primary N) is 1. The number of ether oxygens (including phenoxy) is 2. The quantitative estimate of drug-likeness (QED) is 0.0269. The fourth-order valence-corrected chi connectivity index (χ4v) is 8.05. The van der Waals surface area contributed by atoms with Crippen LogP contribution in [0.2, 0.25) is 0 Å². The largest absolute Gasteiger partial charge is 0.472 e. The third-order valence-corrected chi connectivity index (χ3v) is 11.9. The first-order valence-electron chi connectivity index (χ1n) is 24.7. The van der Waals surface area contributed by atoms with Crippen LogP contribution in [0.3, 0.4) is 0 Å². The maximum atomic E-state index is 12.6. The molecule has 0 saturated carbocycles. The van der Waals surface area contributed by atoms with Crippen LogP contribution < -0.4 is 5.73 Å². The van der Waals surface area contributed by atoms with Gasteiger partial charge >= 0.3 is 13.8 Å². The summed E-state index contributed by atoms with van der Waals surface area (Å²) in [6.07, 6.45) is 51.0. The van der Waals surface area contributed by atoms with Gasteiger partial charge in [-0.15, -0.1) is 0 Å². The van der Waals surface area contributed by atoms with Gasteiger partial charge < -0.3 is 20.1 Å². The highest BCUT2D eigenvalue weighted by molar-refractivity contribution is 7.47. The topological polar surface area (TPSA) is 117 Å². The zero-order valence-electron chi connectivity index (χ0n) is 37.9. The number of esters is 1. The van der Waals surface area contributed by atoms with Crippen LogP contribution in [0, 0.1) is 0 Å². The van der Waals surface area contributed by atoms with Crippen LogP contribution in [0.1, 0.15) is 251 Å². The Morgan fingerprint density at radius 1 is 0.509 bits per heavy atom. The molecular formula is C48H96NO7P. The molecule has 3 N–H and O–H groups in total. The number of hydrogen-bond acceptors (Lipinski definition) is 7. The summed E-state index contributed by atoms with van der Waals surface area (Å²) in [4.78, 5) is 22.5. The van der Waals surface area contributed by atoms with E-state index in [0.29, 0.717) is 13.0 Å². The molecule has 0 aromatic heterocycles. The SMILES string of the molecule is CCCCCCCCCC/C=C\CCCCCCCCCCCCCCCC(=O)OC(COCCCCCCCCCCCCCCC)COP(=O)(O)OCCN. The minimum Gasteiger partial charge on any atom is -0.457 e. The number of phosphoric ester groups is 1. The summed E-state index contributed by atoms with van der Waals surface area (Å²) < 4.78 is 33.5. The number of unbranched alkanes of at least 4 members (excludes halogenated alkanes) is 33. The van der Waals surface area contributed by atoms with Crippen molar-refractivity contribution in [2.75, 3.05) is 33.0 Å². The fourth-order valence-electron chi connectivity index (χ4n) is 7.29. The number of carbonyl (C=O) groups is 1. The van der Waals surface area contributed by atoms with Crippen molar-refractivity contribution in [3.8, 4) is 0 Å². The smallest absolute Gasteiger partial charge is 0.457 e. The molecule has 2 atom stereocenters. The minimum atomic E-state index is -4.27. The third-order valence-electron chi connectivity index (χ3n) is 10.9. The van der Waals surface area contributed by atoms with E-state index < -0.39 is 13.9 Å². The molecule has 8 nitrogen and oxygen atoms in total. The Bertz CT molecular complexity index is 889. The van der Waals surface area contributed by atoms with Crippen LogP contribution in [0.25, 0.3) is 0 Å². The normalized spacial score (nSPS) is 13.4. The van der Waals surface area contributed by atoms with Crippen LogP contribution in [0.5, 0.6) is 0 Å². The van der Waals surface area contributed by atoms with Gasteiger partial charge in [0.2, 0.25) is 0 Å². The number of carbonyl (C=O) groups excluding carboxylic acids is 1. The van der Waals surface area contributed by atoms with Gasteiger partial charge in [-0.25, -0.2) is 4.57 Å². The van der Waals surface area contributed by atoms with Gasteiger partial charge in [-0.1, -0.05) is 219 Å². The molecule has 340 valence electrons. The van der Waals surface area contributed by atoms with Crippen LogP contribution in [0.4, 0.5) is 0 Å². The lowest BCUT2D eigenvalue weighted by molar-refractivity contribution is -0.154. The molecule has 0 aromatic carbocycles. The summed E-state index contributed by atoms with van der Waals surface area (Å²) in [6, 6.07) is 0. The van der Waals surface area contributed by atoms with Crippen molar-refractivity contribution < 1.29 is 32.8 Å². The second-order valence-corrected chi connectivity index (χ2v) is 18.1. The van der Waals surface area contributed by atoms with Gasteiger partial charge in [-0.2, -0.15) is 0 Å². The molecule has 0 aliphatic carbocycles. The van der Waals surface area contributed by atoms with E-state index >= 15 is 0 Å². The van der Waals surface area contributed by atoms with Crippen molar-refractivity contribution in [2.45, 2.75) is 258 Å². The number of hydrogen-bond donors (Lipinski definition) is 2. The van der Waals surface area contributed by atoms with Crippen molar-refractivity contribution in [1.82, 2.24) is 0 Å². The molecule has 2 unspecified atom stereocenters. The first-order valence-corrected chi connectivity index (χ1v) is 26.2. The Morgan fingerprint density at radius 3 is 1.28 bits per heavy atom. The van der Waals surface area contributed by atoms with E-state index in [2.05, 4.69) is 26.0 Å². The van der Waals surface area contributed by atoms with Crippen LogP contribution in [-0.2, 0) is 27.9 Å². The Kier molecular flexibility index (Phi) is 45.7. The van der Waals surface area contributed by atoms with Crippen molar-refractivity contribution in [1.29, 1.82) is 0 Å². The van der Waals surface area contributed by atoms with Gasteiger partial charge in [-0.3, -0.25) is 13.8 Å². The van der Waals surface area contributed by atoms with E-state index in [0.717, 1.165) is 32.1 Å². The van der Waals surface area contributed by atoms with E-state index in [4.69, 9.17) is 24.3 Å². The molecule has 0 radical (unpaired) electrons. The molecule has 9 heteroatoms. The molecule has 0 heterocycles. The number of phosphoric acid groups is 1. The van der Waals surface area contributed by atoms with Crippen molar-refractivity contribution in [2.24, 2.45) is 5.73 Å². The van der Waals surface area contributed by atoms with E-state index in [1.54, 1.807) is 0 Å². The first-order chi connectivity index (χ1) is 27.9. The Balaban J connectivity index is 3.86. The van der Waals surface area contributed by atoms with Gasteiger partial charge in [0.25, 0.3) is 0 Å². The molecule has 0 saturated heterocycles. The molecule has 57 heavy (non-hydrogen) atoms. The molecule has 0 rings (SSSR count). The summed E-state index contributed by atoms with van der Waals surface area (Å²) in [5, 5.41) is 0. The van der Waals surface area contributed by atoms with Gasteiger partial charge in [0.15, 0.2) is 0 Å².